The van der Waals surface area contributed by atoms with Crippen molar-refractivity contribution in [3.63, 3.8) is 0 Å². The van der Waals surface area contributed by atoms with Crippen molar-refractivity contribution in [3.05, 3.63) is 42.1 Å². The molecule has 88 valence electrons. The van der Waals surface area contributed by atoms with E-state index in [1.165, 1.54) is 10.9 Å². The SMILES string of the molecule is CC1(C)C(CN)C1c1ccnc2ccccc12. The van der Waals surface area contributed by atoms with Crippen molar-refractivity contribution in [2.24, 2.45) is 17.1 Å². The highest BCUT2D eigenvalue weighted by molar-refractivity contribution is 5.83. The Balaban J connectivity index is 2.14. The maximum absolute atomic E-state index is 5.87. The molecule has 2 nitrogen and oxygen atoms in total. The number of aromatic nitrogens is 1. The molecule has 2 N–H and O–H groups in total. The zero-order valence-electron chi connectivity index (χ0n) is 10.4. The second kappa shape index (κ2) is 3.54. The Kier molecular flexibility index (Phi) is 2.23. The van der Waals surface area contributed by atoms with Crippen LogP contribution in [0.5, 0.6) is 0 Å². The summed E-state index contributed by atoms with van der Waals surface area (Å²) in [5.41, 5.74) is 8.70. The molecule has 0 bridgehead atoms. The molecule has 1 aliphatic rings. The van der Waals surface area contributed by atoms with Gasteiger partial charge in [-0.05, 0) is 41.5 Å². The number of nitrogens with zero attached hydrogens (tertiary/aromatic N) is 1. The summed E-state index contributed by atoms with van der Waals surface area (Å²) in [6.45, 7) is 5.39. The maximum Gasteiger partial charge on any atom is 0.0704 e. The van der Waals surface area contributed by atoms with E-state index in [1.54, 1.807) is 0 Å². The lowest BCUT2D eigenvalue weighted by molar-refractivity contribution is 0.559. The zero-order chi connectivity index (χ0) is 12.0. The van der Waals surface area contributed by atoms with Crippen LogP contribution in [0, 0.1) is 11.3 Å². The van der Waals surface area contributed by atoms with E-state index in [9.17, 15) is 0 Å². The third-order valence-electron chi connectivity index (χ3n) is 4.32. The first-order valence-electron chi connectivity index (χ1n) is 6.20. The molecule has 17 heavy (non-hydrogen) atoms. The fourth-order valence-corrected chi connectivity index (χ4v) is 3.19. The van der Waals surface area contributed by atoms with Crippen molar-refractivity contribution in [2.45, 2.75) is 19.8 Å². The van der Waals surface area contributed by atoms with Gasteiger partial charge in [-0.2, -0.15) is 0 Å². The van der Waals surface area contributed by atoms with E-state index in [2.05, 4.69) is 43.1 Å². The van der Waals surface area contributed by atoms with E-state index in [0.717, 1.165) is 12.1 Å². The molecule has 0 saturated heterocycles. The Labute approximate surface area is 102 Å². The maximum atomic E-state index is 5.87. The van der Waals surface area contributed by atoms with Gasteiger partial charge in [0, 0.05) is 11.6 Å². The largest absolute Gasteiger partial charge is 0.330 e. The van der Waals surface area contributed by atoms with Crippen LogP contribution >= 0.6 is 0 Å². The number of rotatable bonds is 2. The van der Waals surface area contributed by atoms with Crippen LogP contribution in [-0.2, 0) is 0 Å². The molecule has 2 aromatic rings. The summed E-state index contributed by atoms with van der Waals surface area (Å²) in [5, 5.41) is 1.28. The molecule has 0 amide bonds. The first kappa shape index (κ1) is 10.7. The Bertz CT molecular complexity index is 554. The monoisotopic (exact) mass is 226 g/mol. The Morgan fingerprint density at radius 2 is 2.00 bits per heavy atom. The summed E-state index contributed by atoms with van der Waals surface area (Å²) in [4.78, 5) is 4.42. The Hall–Kier alpha value is -1.41. The van der Waals surface area contributed by atoms with Crippen molar-refractivity contribution in [3.8, 4) is 0 Å². The van der Waals surface area contributed by atoms with Crippen molar-refractivity contribution in [1.29, 1.82) is 0 Å². The van der Waals surface area contributed by atoms with Gasteiger partial charge < -0.3 is 5.73 Å². The van der Waals surface area contributed by atoms with Gasteiger partial charge in [-0.1, -0.05) is 32.0 Å². The van der Waals surface area contributed by atoms with Crippen molar-refractivity contribution < 1.29 is 0 Å². The number of hydrogen-bond donors (Lipinski definition) is 1. The number of fused-ring (bicyclic) bond motifs is 1. The van der Waals surface area contributed by atoms with Crippen LogP contribution in [0.3, 0.4) is 0 Å². The first-order valence-corrected chi connectivity index (χ1v) is 6.20. The molecule has 1 fully saturated rings. The first-order chi connectivity index (χ1) is 8.16. The van der Waals surface area contributed by atoms with Gasteiger partial charge in [0.1, 0.15) is 0 Å². The number of pyridine rings is 1. The molecule has 1 aromatic heterocycles. The van der Waals surface area contributed by atoms with Gasteiger partial charge in [-0.25, -0.2) is 0 Å². The summed E-state index contributed by atoms with van der Waals surface area (Å²) < 4.78 is 0. The highest BCUT2D eigenvalue weighted by atomic mass is 14.7. The van der Waals surface area contributed by atoms with Crippen LogP contribution < -0.4 is 5.73 Å². The van der Waals surface area contributed by atoms with E-state index in [1.807, 2.05) is 12.3 Å². The molecule has 2 atom stereocenters. The third kappa shape index (κ3) is 1.48. The minimum absolute atomic E-state index is 0.332. The fraction of sp³-hybridized carbons (Fsp3) is 0.400. The predicted molar refractivity (Wildman–Crippen MR) is 70.8 cm³/mol. The fourth-order valence-electron chi connectivity index (χ4n) is 3.19. The lowest BCUT2D eigenvalue weighted by atomic mass is 10.00. The summed E-state index contributed by atoms with van der Waals surface area (Å²) >= 11 is 0. The molecule has 1 aromatic carbocycles. The standard InChI is InChI=1S/C15H18N2/c1-15(2)12(9-16)14(15)11-7-8-17-13-6-4-3-5-10(11)13/h3-8,12,14H,9,16H2,1-2H3. The average Bonchev–Trinajstić information content (AvgIpc) is 2.90. The molecule has 2 unspecified atom stereocenters. The molecular weight excluding hydrogens is 208 g/mol. The van der Waals surface area contributed by atoms with E-state index in [-0.39, 0.29) is 0 Å². The third-order valence-corrected chi connectivity index (χ3v) is 4.32. The molecule has 0 aliphatic heterocycles. The predicted octanol–water partition coefficient (Wildman–Crippen LogP) is 2.93. The van der Waals surface area contributed by atoms with Crippen LogP contribution in [0.2, 0.25) is 0 Å². The summed E-state index contributed by atoms with van der Waals surface area (Å²) in [5.74, 6) is 1.19. The summed E-state index contributed by atoms with van der Waals surface area (Å²) in [7, 11) is 0. The topological polar surface area (TPSA) is 38.9 Å². The highest BCUT2D eigenvalue weighted by Crippen LogP contribution is 2.64. The van der Waals surface area contributed by atoms with Gasteiger partial charge in [-0.15, -0.1) is 0 Å². The van der Waals surface area contributed by atoms with Gasteiger partial charge in [0.25, 0.3) is 0 Å². The summed E-state index contributed by atoms with van der Waals surface area (Å²) in [6.07, 6.45) is 1.92. The number of hydrogen-bond acceptors (Lipinski definition) is 2. The van der Waals surface area contributed by atoms with Crippen molar-refractivity contribution in [2.75, 3.05) is 6.54 Å². The molecule has 1 saturated carbocycles. The molecule has 0 spiro atoms. The van der Waals surface area contributed by atoms with Crippen LogP contribution in [0.4, 0.5) is 0 Å². The Morgan fingerprint density at radius 3 is 2.71 bits per heavy atom. The number of benzene rings is 1. The number of para-hydroxylation sites is 1. The lowest BCUT2D eigenvalue weighted by Gasteiger charge is -2.07. The van der Waals surface area contributed by atoms with Gasteiger partial charge in [0.15, 0.2) is 0 Å². The molecule has 3 rings (SSSR count). The minimum atomic E-state index is 0.332. The molecule has 1 aliphatic carbocycles. The van der Waals surface area contributed by atoms with E-state index >= 15 is 0 Å². The normalized spacial score (nSPS) is 26.1. The Morgan fingerprint density at radius 1 is 1.24 bits per heavy atom. The molecule has 0 radical (unpaired) electrons. The highest BCUT2D eigenvalue weighted by Gasteiger charge is 2.57. The lowest BCUT2D eigenvalue weighted by Crippen LogP contribution is -2.05. The van der Waals surface area contributed by atoms with Gasteiger partial charge in [0.05, 0.1) is 5.52 Å². The van der Waals surface area contributed by atoms with Gasteiger partial charge in [0.2, 0.25) is 0 Å². The minimum Gasteiger partial charge on any atom is -0.330 e. The van der Waals surface area contributed by atoms with Crippen LogP contribution in [0.25, 0.3) is 10.9 Å². The molecule has 2 heteroatoms. The summed E-state index contributed by atoms with van der Waals surface area (Å²) in [6, 6.07) is 10.5. The quantitative estimate of drug-likeness (QED) is 0.855. The van der Waals surface area contributed by atoms with Gasteiger partial charge in [-0.3, -0.25) is 4.98 Å². The van der Waals surface area contributed by atoms with Crippen LogP contribution in [0.1, 0.15) is 25.3 Å². The number of nitrogens with two attached hydrogens (primary N) is 1. The zero-order valence-corrected chi connectivity index (χ0v) is 10.4. The van der Waals surface area contributed by atoms with E-state index in [4.69, 9.17) is 5.73 Å². The van der Waals surface area contributed by atoms with Crippen molar-refractivity contribution in [1.82, 2.24) is 4.98 Å². The van der Waals surface area contributed by atoms with Crippen LogP contribution in [0.15, 0.2) is 36.5 Å². The van der Waals surface area contributed by atoms with Crippen LogP contribution in [-0.4, -0.2) is 11.5 Å². The van der Waals surface area contributed by atoms with Crippen molar-refractivity contribution >= 4 is 10.9 Å². The average molecular weight is 226 g/mol. The van der Waals surface area contributed by atoms with E-state index in [0.29, 0.717) is 17.3 Å². The second-order valence-electron chi connectivity index (χ2n) is 5.56. The second-order valence-corrected chi connectivity index (χ2v) is 5.56. The molecular formula is C15H18N2. The van der Waals surface area contributed by atoms with Gasteiger partial charge >= 0.3 is 0 Å². The smallest absolute Gasteiger partial charge is 0.0704 e. The molecule has 1 heterocycles. The van der Waals surface area contributed by atoms with E-state index < -0.39 is 0 Å².